The Bertz CT molecular complexity index is 1050. The first-order chi connectivity index (χ1) is 18.0. The summed E-state index contributed by atoms with van der Waals surface area (Å²) in [4.78, 5) is 31.2. The summed E-state index contributed by atoms with van der Waals surface area (Å²) < 4.78 is 0. The van der Waals surface area contributed by atoms with E-state index >= 15 is 0 Å². The predicted molar refractivity (Wildman–Crippen MR) is 152 cm³/mol. The maximum Gasteiger partial charge on any atom is 0.251 e. The minimum Gasteiger partial charge on any atom is -0.350 e. The van der Waals surface area contributed by atoms with Crippen LogP contribution < -0.4 is 10.6 Å². The van der Waals surface area contributed by atoms with E-state index in [9.17, 15) is 9.59 Å². The molecule has 7 heteroatoms. The molecule has 0 aliphatic carbocycles. The topological polar surface area (TPSA) is 64.7 Å². The molecule has 6 nitrogen and oxygen atoms in total. The molecule has 2 heterocycles. The van der Waals surface area contributed by atoms with Gasteiger partial charge < -0.3 is 20.4 Å². The second-order valence-corrected chi connectivity index (χ2v) is 11.2. The standard InChI is InChI=1S/C30H43ClN4O2/c1-3-22(4-2)21-35-17-12-27(33-28(30(35)37)13-16-34-14-6-5-7-15-34)20-32-29(36)25-9-8-24-19-26(31)11-10-23(24)18-25/h8-11,18-19,22,27-28,33H,3-7,12-17,20-21H2,1-2H3,(H,32,36)/t27-,28-/m0/s1. The summed E-state index contributed by atoms with van der Waals surface area (Å²) in [6, 6.07) is 11.2. The summed E-state index contributed by atoms with van der Waals surface area (Å²) in [5.74, 6) is 0.671. The fourth-order valence-corrected chi connectivity index (χ4v) is 5.84. The normalized spacial score (nSPS) is 21.4. The third-order valence-electron chi connectivity index (χ3n) is 8.18. The van der Waals surface area contributed by atoms with Crippen molar-refractivity contribution in [1.82, 2.24) is 20.4 Å². The van der Waals surface area contributed by atoms with E-state index in [0.717, 1.165) is 69.2 Å². The van der Waals surface area contributed by atoms with Crippen LogP contribution >= 0.6 is 11.6 Å². The average molecular weight is 527 g/mol. The lowest BCUT2D eigenvalue weighted by molar-refractivity contribution is -0.133. The number of halogens is 1. The van der Waals surface area contributed by atoms with E-state index in [2.05, 4.69) is 34.3 Å². The van der Waals surface area contributed by atoms with Gasteiger partial charge in [0.25, 0.3) is 5.91 Å². The third-order valence-corrected chi connectivity index (χ3v) is 8.42. The summed E-state index contributed by atoms with van der Waals surface area (Å²) in [7, 11) is 0. The van der Waals surface area contributed by atoms with Gasteiger partial charge in [-0.3, -0.25) is 9.59 Å². The van der Waals surface area contributed by atoms with Crippen LogP contribution in [0.1, 0.15) is 69.2 Å². The lowest BCUT2D eigenvalue weighted by Gasteiger charge is -2.30. The molecule has 37 heavy (non-hydrogen) atoms. The lowest BCUT2D eigenvalue weighted by Crippen LogP contribution is -2.50. The van der Waals surface area contributed by atoms with Crippen LogP contribution in [0, 0.1) is 5.92 Å². The lowest BCUT2D eigenvalue weighted by atomic mass is 10.0. The van der Waals surface area contributed by atoms with Gasteiger partial charge in [0.1, 0.15) is 0 Å². The molecule has 2 aliphatic rings. The van der Waals surface area contributed by atoms with Crippen LogP contribution in [-0.2, 0) is 4.79 Å². The molecule has 2 aromatic rings. The van der Waals surface area contributed by atoms with Crippen LogP contribution in [0.2, 0.25) is 5.02 Å². The van der Waals surface area contributed by atoms with Crippen LogP contribution in [0.3, 0.4) is 0 Å². The number of nitrogens with zero attached hydrogens (tertiary/aromatic N) is 2. The van der Waals surface area contributed by atoms with Crippen molar-refractivity contribution in [3.8, 4) is 0 Å². The van der Waals surface area contributed by atoms with Crippen molar-refractivity contribution in [3.05, 3.63) is 47.0 Å². The number of likely N-dealkylation sites (tertiary alicyclic amines) is 1. The van der Waals surface area contributed by atoms with Gasteiger partial charge in [-0.05, 0) is 79.7 Å². The van der Waals surface area contributed by atoms with Crippen LogP contribution in [0.25, 0.3) is 10.8 Å². The highest BCUT2D eigenvalue weighted by atomic mass is 35.5. The quantitative estimate of drug-likeness (QED) is 0.452. The largest absolute Gasteiger partial charge is 0.350 e. The Morgan fingerprint density at radius 1 is 1.05 bits per heavy atom. The zero-order chi connectivity index (χ0) is 26.2. The van der Waals surface area contributed by atoms with Gasteiger partial charge in [0.2, 0.25) is 5.91 Å². The summed E-state index contributed by atoms with van der Waals surface area (Å²) in [6.45, 7) is 9.70. The Labute approximate surface area is 227 Å². The molecule has 2 saturated heterocycles. The van der Waals surface area contributed by atoms with Crippen molar-refractivity contribution in [2.45, 2.75) is 70.9 Å². The van der Waals surface area contributed by atoms with Crippen LogP contribution in [-0.4, -0.2) is 73.0 Å². The fraction of sp³-hybridized carbons (Fsp3) is 0.600. The number of hydrogen-bond acceptors (Lipinski definition) is 4. The first-order valence-corrected chi connectivity index (χ1v) is 14.6. The Morgan fingerprint density at radius 3 is 2.54 bits per heavy atom. The van der Waals surface area contributed by atoms with Gasteiger partial charge in [-0.25, -0.2) is 0 Å². The number of nitrogens with one attached hydrogen (secondary N) is 2. The number of carbonyl (C=O) groups excluding carboxylic acids is 2. The molecule has 2 amide bonds. The first kappa shape index (κ1) is 27.9. The molecule has 2 N–H and O–H groups in total. The number of piperidine rings is 1. The minimum atomic E-state index is -0.203. The van der Waals surface area contributed by atoms with E-state index < -0.39 is 0 Å². The highest BCUT2D eigenvalue weighted by molar-refractivity contribution is 6.31. The van der Waals surface area contributed by atoms with Gasteiger partial charge in [-0.1, -0.05) is 56.8 Å². The molecule has 0 bridgehead atoms. The van der Waals surface area contributed by atoms with Gasteiger partial charge in [-0.15, -0.1) is 0 Å². The first-order valence-electron chi connectivity index (χ1n) is 14.2. The van der Waals surface area contributed by atoms with Crippen LogP contribution in [0.4, 0.5) is 0 Å². The van der Waals surface area contributed by atoms with Crippen molar-refractivity contribution in [3.63, 3.8) is 0 Å². The van der Waals surface area contributed by atoms with Crippen molar-refractivity contribution in [2.75, 3.05) is 39.3 Å². The molecule has 2 fully saturated rings. The van der Waals surface area contributed by atoms with Crippen molar-refractivity contribution in [2.24, 2.45) is 5.92 Å². The summed E-state index contributed by atoms with van der Waals surface area (Å²) >= 11 is 6.10. The number of amides is 2. The molecular weight excluding hydrogens is 484 g/mol. The highest BCUT2D eigenvalue weighted by Gasteiger charge is 2.32. The van der Waals surface area contributed by atoms with E-state index in [1.807, 2.05) is 36.4 Å². The van der Waals surface area contributed by atoms with E-state index in [4.69, 9.17) is 11.6 Å². The maximum atomic E-state index is 13.6. The Hall–Kier alpha value is -2.15. The van der Waals surface area contributed by atoms with E-state index in [0.29, 0.717) is 23.0 Å². The number of carbonyl (C=O) groups is 2. The summed E-state index contributed by atoms with van der Waals surface area (Å²) in [5, 5.41) is 9.46. The van der Waals surface area contributed by atoms with Gasteiger partial charge in [0.15, 0.2) is 0 Å². The zero-order valence-corrected chi connectivity index (χ0v) is 23.2. The predicted octanol–water partition coefficient (Wildman–Crippen LogP) is 5.09. The van der Waals surface area contributed by atoms with E-state index in [1.54, 1.807) is 0 Å². The van der Waals surface area contributed by atoms with Crippen LogP contribution in [0.5, 0.6) is 0 Å². The number of hydrogen-bond donors (Lipinski definition) is 2. The van der Waals surface area contributed by atoms with Gasteiger partial charge >= 0.3 is 0 Å². The molecule has 4 rings (SSSR count). The maximum absolute atomic E-state index is 13.6. The minimum absolute atomic E-state index is 0.0604. The SMILES string of the molecule is CCC(CC)CN1CC[C@@H](CNC(=O)c2ccc3cc(Cl)ccc3c2)N[C@@H](CCN2CCCCC2)C1=O. The molecule has 2 atom stereocenters. The average Bonchev–Trinajstić information content (AvgIpc) is 3.07. The second-order valence-electron chi connectivity index (χ2n) is 10.8. The fourth-order valence-electron chi connectivity index (χ4n) is 5.66. The number of fused-ring (bicyclic) bond motifs is 1. The Balaban J connectivity index is 1.40. The number of benzene rings is 2. The molecule has 0 spiro atoms. The molecule has 2 aliphatic heterocycles. The molecular formula is C30H43ClN4O2. The summed E-state index contributed by atoms with van der Waals surface area (Å²) in [5.41, 5.74) is 0.636. The second kappa shape index (κ2) is 13.6. The van der Waals surface area contributed by atoms with E-state index in [-0.39, 0.29) is 23.9 Å². The van der Waals surface area contributed by atoms with Gasteiger partial charge in [-0.2, -0.15) is 0 Å². The van der Waals surface area contributed by atoms with Crippen LogP contribution in [0.15, 0.2) is 36.4 Å². The van der Waals surface area contributed by atoms with Gasteiger partial charge in [0.05, 0.1) is 6.04 Å². The van der Waals surface area contributed by atoms with Crippen molar-refractivity contribution in [1.29, 1.82) is 0 Å². The molecule has 202 valence electrons. The summed E-state index contributed by atoms with van der Waals surface area (Å²) in [6.07, 6.45) is 7.64. The monoisotopic (exact) mass is 526 g/mol. The molecule has 0 saturated carbocycles. The zero-order valence-electron chi connectivity index (χ0n) is 22.5. The Kier molecular flexibility index (Phi) is 10.2. The molecule has 2 aromatic carbocycles. The van der Waals surface area contributed by atoms with Crippen molar-refractivity contribution >= 4 is 34.2 Å². The van der Waals surface area contributed by atoms with E-state index in [1.165, 1.54) is 19.3 Å². The third kappa shape index (κ3) is 7.68. The molecule has 0 unspecified atom stereocenters. The number of rotatable bonds is 10. The van der Waals surface area contributed by atoms with Crippen molar-refractivity contribution < 1.29 is 9.59 Å². The molecule has 0 radical (unpaired) electrons. The molecule has 0 aromatic heterocycles. The highest BCUT2D eigenvalue weighted by Crippen LogP contribution is 2.21. The Morgan fingerprint density at radius 2 is 1.78 bits per heavy atom. The smallest absolute Gasteiger partial charge is 0.251 e. The van der Waals surface area contributed by atoms with Gasteiger partial charge in [0, 0.05) is 42.8 Å².